The lowest BCUT2D eigenvalue weighted by atomic mass is 10.3. The molecule has 2 heterocycles. The molecule has 7 nitrogen and oxygen atoms in total. The maximum absolute atomic E-state index is 13.7. The number of rotatable bonds is 3. The van der Waals surface area contributed by atoms with Crippen LogP contribution < -0.4 is 5.32 Å². The summed E-state index contributed by atoms with van der Waals surface area (Å²) >= 11 is 11.7. The van der Waals surface area contributed by atoms with Gasteiger partial charge in [0.05, 0.1) is 10.7 Å². The van der Waals surface area contributed by atoms with Crippen molar-refractivity contribution >= 4 is 34.8 Å². The third-order valence-electron chi connectivity index (χ3n) is 2.42. The van der Waals surface area contributed by atoms with Crippen LogP contribution in [0.3, 0.4) is 0 Å². The Bertz CT molecular complexity index is 758. The van der Waals surface area contributed by atoms with Crippen LogP contribution in [-0.2, 0) is 0 Å². The third-order valence-corrected chi connectivity index (χ3v) is 2.90. The predicted molar refractivity (Wildman–Crippen MR) is 74.4 cm³/mol. The molecule has 0 aliphatic heterocycles. The number of nitrogens with zero attached hydrogens (tertiary/aromatic N) is 6. The molecule has 0 aliphatic carbocycles. The number of aromatic nitrogens is 6. The van der Waals surface area contributed by atoms with Crippen LogP contribution in [0.2, 0.25) is 10.3 Å². The van der Waals surface area contributed by atoms with Gasteiger partial charge in [0.25, 0.3) is 5.95 Å². The van der Waals surface area contributed by atoms with Gasteiger partial charge in [0.1, 0.15) is 18.5 Å². The van der Waals surface area contributed by atoms with Crippen molar-refractivity contribution in [1.29, 1.82) is 0 Å². The molecule has 2 aromatic heterocycles. The molecule has 0 aliphatic rings. The van der Waals surface area contributed by atoms with Crippen LogP contribution in [-0.4, -0.2) is 29.7 Å². The molecule has 0 fully saturated rings. The largest absolute Gasteiger partial charge is 0.320 e. The summed E-state index contributed by atoms with van der Waals surface area (Å²) < 4.78 is 15.0. The first-order valence-electron chi connectivity index (χ1n) is 5.61. The summed E-state index contributed by atoms with van der Waals surface area (Å²) in [6, 6.07) is 4.29. The number of hydrogen-bond donors (Lipinski definition) is 1. The van der Waals surface area contributed by atoms with Gasteiger partial charge in [-0.3, -0.25) is 0 Å². The summed E-state index contributed by atoms with van der Waals surface area (Å²) in [5.41, 5.74) is 0.0472. The topological polar surface area (TPSA) is 81.4 Å². The molecule has 10 heteroatoms. The van der Waals surface area contributed by atoms with Crippen LogP contribution in [0.25, 0.3) is 5.95 Å². The number of benzene rings is 1. The van der Waals surface area contributed by atoms with Gasteiger partial charge in [-0.25, -0.2) is 9.37 Å². The summed E-state index contributed by atoms with van der Waals surface area (Å²) in [5, 5.41) is 6.66. The van der Waals surface area contributed by atoms with Crippen molar-refractivity contribution in [3.05, 3.63) is 47.0 Å². The van der Waals surface area contributed by atoms with Gasteiger partial charge in [0, 0.05) is 0 Å². The smallest absolute Gasteiger partial charge is 0.258 e. The van der Waals surface area contributed by atoms with E-state index in [4.69, 9.17) is 23.2 Å². The molecule has 21 heavy (non-hydrogen) atoms. The second-order valence-electron chi connectivity index (χ2n) is 3.79. The quantitative estimate of drug-likeness (QED) is 0.797. The Morgan fingerprint density at radius 1 is 1.14 bits per heavy atom. The first kappa shape index (κ1) is 13.7. The molecule has 1 aromatic carbocycles. The van der Waals surface area contributed by atoms with E-state index in [1.165, 1.54) is 35.5 Å². The zero-order valence-corrected chi connectivity index (χ0v) is 11.7. The predicted octanol–water partition coefficient (Wildman–Crippen LogP) is 2.64. The summed E-state index contributed by atoms with van der Waals surface area (Å²) in [7, 11) is 0. The molecular weight excluding hydrogens is 320 g/mol. The average molecular weight is 326 g/mol. The first-order chi connectivity index (χ1) is 10.1. The van der Waals surface area contributed by atoms with Gasteiger partial charge >= 0.3 is 0 Å². The number of nitrogens with one attached hydrogen (secondary N) is 1. The van der Waals surface area contributed by atoms with Crippen molar-refractivity contribution in [2.45, 2.75) is 0 Å². The lowest BCUT2D eigenvalue weighted by Crippen LogP contribution is -2.07. The van der Waals surface area contributed by atoms with Crippen molar-refractivity contribution in [1.82, 2.24) is 29.7 Å². The molecule has 106 valence electrons. The van der Waals surface area contributed by atoms with Crippen LogP contribution in [0.1, 0.15) is 0 Å². The molecule has 0 bridgehead atoms. The van der Waals surface area contributed by atoms with Gasteiger partial charge < -0.3 is 5.32 Å². The standard InChI is InChI=1S/C11H6Cl2FN7/c12-6-2-1-3-7(14)8(6)17-10-18-9(13)19-11(20-10)21-5-15-4-16-21/h1-5H,(H,17,18,19,20). The molecule has 0 saturated carbocycles. The van der Waals surface area contributed by atoms with Gasteiger partial charge in [-0.05, 0) is 23.7 Å². The number of halogens is 3. The normalized spacial score (nSPS) is 10.6. The zero-order chi connectivity index (χ0) is 14.8. The average Bonchev–Trinajstić information content (AvgIpc) is 2.97. The Labute approximate surface area is 127 Å². The summed E-state index contributed by atoms with van der Waals surface area (Å²) in [6.45, 7) is 0. The highest BCUT2D eigenvalue weighted by Gasteiger charge is 2.12. The van der Waals surface area contributed by atoms with Crippen LogP contribution in [0.4, 0.5) is 16.0 Å². The highest BCUT2D eigenvalue weighted by Crippen LogP contribution is 2.27. The molecular formula is C11H6Cl2FN7. The van der Waals surface area contributed by atoms with Crippen molar-refractivity contribution in [3.63, 3.8) is 0 Å². The van der Waals surface area contributed by atoms with Crippen molar-refractivity contribution < 1.29 is 4.39 Å². The second-order valence-corrected chi connectivity index (χ2v) is 4.54. The molecule has 0 saturated heterocycles. The van der Waals surface area contributed by atoms with E-state index in [1.807, 2.05) is 0 Å². The lowest BCUT2D eigenvalue weighted by Gasteiger charge is -2.08. The first-order valence-corrected chi connectivity index (χ1v) is 6.36. The molecule has 0 spiro atoms. The fourth-order valence-electron chi connectivity index (χ4n) is 1.54. The Morgan fingerprint density at radius 3 is 2.71 bits per heavy atom. The lowest BCUT2D eigenvalue weighted by molar-refractivity contribution is 0.631. The van der Waals surface area contributed by atoms with E-state index in [9.17, 15) is 4.39 Å². The highest BCUT2D eigenvalue weighted by atomic mass is 35.5. The van der Waals surface area contributed by atoms with Crippen LogP contribution in [0.5, 0.6) is 0 Å². The zero-order valence-electron chi connectivity index (χ0n) is 10.2. The van der Waals surface area contributed by atoms with E-state index >= 15 is 0 Å². The molecule has 0 amide bonds. The summed E-state index contributed by atoms with van der Waals surface area (Å²) in [6.07, 6.45) is 2.71. The Balaban J connectivity index is 2.00. The molecule has 0 atom stereocenters. The molecule has 3 rings (SSSR count). The minimum Gasteiger partial charge on any atom is -0.320 e. The number of anilines is 2. The molecule has 1 N–H and O–H groups in total. The van der Waals surface area contributed by atoms with E-state index in [-0.39, 0.29) is 27.9 Å². The Kier molecular flexibility index (Phi) is 3.63. The maximum atomic E-state index is 13.7. The van der Waals surface area contributed by atoms with E-state index < -0.39 is 5.82 Å². The molecule has 3 aromatic rings. The van der Waals surface area contributed by atoms with Crippen molar-refractivity contribution in [2.75, 3.05) is 5.32 Å². The third kappa shape index (κ3) is 2.91. The molecule has 0 radical (unpaired) electrons. The van der Waals surface area contributed by atoms with Gasteiger partial charge in [-0.2, -0.15) is 24.7 Å². The maximum Gasteiger partial charge on any atom is 0.258 e. The fourth-order valence-corrected chi connectivity index (χ4v) is 1.90. The summed E-state index contributed by atoms with van der Waals surface area (Å²) in [4.78, 5) is 15.6. The Morgan fingerprint density at radius 2 is 2.00 bits per heavy atom. The molecule has 0 unspecified atom stereocenters. The van der Waals surface area contributed by atoms with Crippen LogP contribution in [0.15, 0.2) is 30.9 Å². The van der Waals surface area contributed by atoms with Gasteiger partial charge in [0.2, 0.25) is 11.2 Å². The highest BCUT2D eigenvalue weighted by molar-refractivity contribution is 6.33. The van der Waals surface area contributed by atoms with Crippen molar-refractivity contribution in [2.24, 2.45) is 0 Å². The minimum absolute atomic E-state index is 0.0347. The minimum atomic E-state index is -0.540. The SMILES string of the molecule is Fc1cccc(Cl)c1Nc1nc(Cl)nc(-n2cncn2)n1. The fraction of sp³-hybridized carbons (Fsp3) is 0. The van der Waals surface area contributed by atoms with E-state index in [1.54, 1.807) is 0 Å². The van der Waals surface area contributed by atoms with E-state index in [0.717, 1.165) is 0 Å². The second kappa shape index (κ2) is 5.58. The monoisotopic (exact) mass is 325 g/mol. The van der Waals surface area contributed by atoms with Gasteiger partial charge in [-0.1, -0.05) is 17.7 Å². The van der Waals surface area contributed by atoms with Gasteiger partial charge in [-0.15, -0.1) is 0 Å². The number of para-hydroxylation sites is 1. The van der Waals surface area contributed by atoms with Gasteiger partial charge in [0.15, 0.2) is 0 Å². The van der Waals surface area contributed by atoms with Crippen LogP contribution >= 0.6 is 23.2 Å². The van der Waals surface area contributed by atoms with Crippen molar-refractivity contribution in [3.8, 4) is 5.95 Å². The van der Waals surface area contributed by atoms with E-state index in [0.29, 0.717) is 0 Å². The van der Waals surface area contributed by atoms with Crippen LogP contribution in [0, 0.1) is 5.82 Å². The van der Waals surface area contributed by atoms with E-state index in [2.05, 4.69) is 30.4 Å². The number of hydrogen-bond acceptors (Lipinski definition) is 6. The summed E-state index contributed by atoms with van der Waals surface area (Å²) in [5.74, 6) is -0.365. The Hall–Kier alpha value is -2.32.